The van der Waals surface area contributed by atoms with Gasteiger partial charge in [-0.05, 0) is 12.8 Å². The van der Waals surface area contributed by atoms with Crippen molar-refractivity contribution in [2.45, 2.75) is 80.0 Å². The van der Waals surface area contributed by atoms with Crippen LogP contribution in [0.1, 0.15) is 32.1 Å². The van der Waals surface area contributed by atoms with Crippen LogP contribution in [-0.2, 0) is 28.4 Å². The van der Waals surface area contributed by atoms with Gasteiger partial charge in [0, 0.05) is 30.6 Å². The zero-order chi connectivity index (χ0) is 35.9. The van der Waals surface area contributed by atoms with Crippen LogP contribution in [0.15, 0.2) is 0 Å². The van der Waals surface area contributed by atoms with Gasteiger partial charge in [-0.2, -0.15) is 83.4 Å². The van der Waals surface area contributed by atoms with Crippen molar-refractivity contribution < 1.29 is 142 Å². The maximum atomic E-state index is 13.5. The molecule has 0 aromatic carbocycles. The molecular weight excluding hydrogens is 737 g/mol. The first-order chi connectivity index (χ1) is 19.9. The zero-order valence-electron chi connectivity index (χ0n) is 22.3. The van der Waals surface area contributed by atoms with Crippen LogP contribution in [0.2, 0.25) is 0 Å². The molecule has 0 aliphatic rings. The van der Waals surface area contributed by atoms with E-state index < -0.39 is 117 Å². The SMILES string of the molecule is O=C(CC(CSOO[O-])C(=O)OCCCC(F)(F)C(F)(F)C(F)(F)C(F)(F)F)OCCCC(F)(F)C(F)(F)C(F)(F)C(F)(F)F.[Na+]. The molecule has 1 unspecified atom stereocenters. The Morgan fingerprint density at radius 3 is 1.33 bits per heavy atom. The molecule has 0 amide bonds. The van der Waals surface area contributed by atoms with E-state index in [-0.39, 0.29) is 41.6 Å². The van der Waals surface area contributed by atoms with Crippen LogP contribution in [0.3, 0.4) is 0 Å². The number of carbonyl (C=O) groups is 2. The molecule has 0 rings (SSSR count). The third-order valence-corrected chi connectivity index (χ3v) is 5.98. The van der Waals surface area contributed by atoms with Gasteiger partial charge in [0.15, 0.2) is 0 Å². The number of hydrogen-bond acceptors (Lipinski definition) is 8. The second-order valence-electron chi connectivity index (χ2n) is 8.62. The normalized spacial score (nSPS) is 14.8. The Morgan fingerprint density at radius 2 is 0.978 bits per heavy atom. The first kappa shape index (κ1) is 47.0. The van der Waals surface area contributed by atoms with Crippen molar-refractivity contribution in [1.29, 1.82) is 0 Å². The molecule has 0 aliphatic heterocycles. The largest absolute Gasteiger partial charge is 1.00 e. The van der Waals surface area contributed by atoms with Crippen molar-refractivity contribution in [3.05, 3.63) is 0 Å². The van der Waals surface area contributed by atoms with Gasteiger partial charge in [0.25, 0.3) is 0 Å². The summed E-state index contributed by atoms with van der Waals surface area (Å²) < 4.78 is 243. The average molecular weight is 754 g/mol. The van der Waals surface area contributed by atoms with Gasteiger partial charge >= 0.3 is 89.4 Å². The van der Waals surface area contributed by atoms with Crippen LogP contribution in [0.25, 0.3) is 0 Å². The number of carbonyl (C=O) groups excluding carboxylic acids is 2. The van der Waals surface area contributed by atoms with Gasteiger partial charge in [0.2, 0.25) is 0 Å². The molecule has 46 heavy (non-hydrogen) atoms. The van der Waals surface area contributed by atoms with E-state index in [1.165, 1.54) is 0 Å². The fraction of sp³-hybridized carbons (Fsp3) is 0.895. The summed E-state index contributed by atoms with van der Waals surface area (Å²) in [6.45, 7) is -2.74. The quantitative estimate of drug-likeness (QED) is 0.0377. The van der Waals surface area contributed by atoms with Crippen molar-refractivity contribution >= 4 is 24.0 Å². The Morgan fingerprint density at radius 1 is 0.609 bits per heavy atom. The van der Waals surface area contributed by atoms with Crippen LogP contribution in [0.5, 0.6) is 0 Å². The van der Waals surface area contributed by atoms with Crippen LogP contribution in [0, 0.1) is 5.92 Å². The smallest absolute Gasteiger partial charge is 0.691 e. The van der Waals surface area contributed by atoms with Crippen molar-refractivity contribution in [1.82, 2.24) is 0 Å². The third-order valence-electron chi connectivity index (χ3n) is 5.29. The number of halogens is 18. The average Bonchev–Trinajstić information content (AvgIpc) is 2.86. The van der Waals surface area contributed by atoms with E-state index in [2.05, 4.69) is 18.8 Å². The van der Waals surface area contributed by atoms with E-state index in [4.69, 9.17) is 0 Å². The molecule has 0 N–H and O–H groups in total. The molecule has 7 nitrogen and oxygen atoms in total. The third kappa shape index (κ3) is 11.2. The molecule has 0 aromatic rings. The van der Waals surface area contributed by atoms with Crippen LogP contribution >= 0.6 is 12.0 Å². The summed E-state index contributed by atoms with van der Waals surface area (Å²) in [5, 5.41) is 12.7. The number of esters is 2. The molecule has 0 aromatic heterocycles. The maximum Gasteiger partial charge on any atom is 1.00 e. The molecule has 1 atom stereocenters. The van der Waals surface area contributed by atoms with Gasteiger partial charge < -0.3 is 14.7 Å². The molecule has 0 radical (unpaired) electrons. The first-order valence-electron chi connectivity index (χ1n) is 11.3. The van der Waals surface area contributed by atoms with Gasteiger partial charge in [-0.3, -0.25) is 14.6 Å². The molecule has 0 saturated heterocycles. The molecule has 0 fully saturated rings. The first-order valence-corrected chi connectivity index (χ1v) is 12.2. The van der Waals surface area contributed by atoms with Crippen molar-refractivity contribution in [2.75, 3.05) is 19.0 Å². The molecular formula is C19H17F18NaO7S. The molecule has 268 valence electrons. The fourth-order valence-electron chi connectivity index (χ4n) is 2.79. The summed E-state index contributed by atoms with van der Waals surface area (Å²) in [6, 6.07) is 0. The molecule has 0 spiro atoms. The summed E-state index contributed by atoms with van der Waals surface area (Å²) in [6.07, 6.45) is -23.2. The van der Waals surface area contributed by atoms with E-state index in [0.29, 0.717) is 0 Å². The monoisotopic (exact) mass is 754 g/mol. The summed E-state index contributed by atoms with van der Waals surface area (Å²) in [5.74, 6) is -46.4. The summed E-state index contributed by atoms with van der Waals surface area (Å²) in [7, 11) is 0. The van der Waals surface area contributed by atoms with Crippen molar-refractivity contribution in [3.8, 4) is 0 Å². The summed E-state index contributed by atoms with van der Waals surface area (Å²) >= 11 is -0.0756. The van der Waals surface area contributed by atoms with Gasteiger partial charge in [-0.25, -0.2) is 0 Å². The van der Waals surface area contributed by atoms with Crippen LogP contribution in [-0.4, -0.2) is 78.8 Å². The number of alkyl halides is 18. The Bertz CT molecular complexity index is 977. The van der Waals surface area contributed by atoms with E-state index in [0.717, 1.165) is 0 Å². The number of hydrogen-bond donors (Lipinski definition) is 0. The number of ether oxygens (including phenoxy) is 2. The summed E-state index contributed by atoms with van der Waals surface area (Å²) in [5.41, 5.74) is 0. The molecule has 0 aliphatic carbocycles. The molecule has 0 bridgehead atoms. The fourth-order valence-corrected chi connectivity index (χ4v) is 3.31. The minimum absolute atomic E-state index is 0. The van der Waals surface area contributed by atoms with Crippen LogP contribution in [0.4, 0.5) is 79.0 Å². The minimum atomic E-state index is -7.18. The van der Waals surface area contributed by atoms with Crippen LogP contribution < -0.4 is 34.8 Å². The second-order valence-corrected chi connectivity index (χ2v) is 9.32. The molecule has 27 heteroatoms. The van der Waals surface area contributed by atoms with Gasteiger partial charge in [-0.15, -0.1) is 0 Å². The Hall–Kier alpha value is -1.09. The van der Waals surface area contributed by atoms with Crippen molar-refractivity contribution in [2.24, 2.45) is 5.92 Å². The predicted octanol–water partition coefficient (Wildman–Crippen LogP) is 3.45. The van der Waals surface area contributed by atoms with Gasteiger partial charge in [0.1, 0.15) is 0 Å². The Labute approximate surface area is 270 Å². The van der Waals surface area contributed by atoms with Crippen molar-refractivity contribution in [3.63, 3.8) is 0 Å². The maximum absolute atomic E-state index is 13.5. The Kier molecular flexibility index (Phi) is 17.4. The van der Waals surface area contributed by atoms with E-state index in [9.17, 15) is 93.9 Å². The topological polar surface area (TPSA) is 94.1 Å². The second kappa shape index (κ2) is 17.0. The van der Waals surface area contributed by atoms with Gasteiger partial charge in [0.05, 0.1) is 25.6 Å². The summed E-state index contributed by atoms with van der Waals surface area (Å²) in [4.78, 5) is 23.9. The predicted molar refractivity (Wildman–Crippen MR) is 105 cm³/mol. The van der Waals surface area contributed by atoms with E-state index >= 15 is 0 Å². The zero-order valence-corrected chi connectivity index (χ0v) is 25.1. The minimum Gasteiger partial charge on any atom is -0.691 e. The Balaban J connectivity index is 0. The van der Waals surface area contributed by atoms with Gasteiger partial charge in [-0.1, -0.05) is 0 Å². The molecule has 0 saturated carbocycles. The van der Waals surface area contributed by atoms with E-state index in [1.807, 2.05) is 0 Å². The van der Waals surface area contributed by atoms with E-state index in [1.54, 1.807) is 0 Å². The standard InChI is InChI=1S/C19H18F18O7S.Na/c20-12(21,14(24,25)16(28,29)18(32,33)34)3-1-5-41-10(38)7-9(8-45-44-43-40)11(39)42-6-2-4-13(22,23)15(26,27)17(30,31)19(35,36)37;/h9,40H,1-8H2;/q;+1/p-1. The number of rotatable bonds is 19. The molecule has 0 heterocycles.